The lowest BCUT2D eigenvalue weighted by atomic mass is 9.44. The first-order valence-corrected chi connectivity index (χ1v) is 10.1. The summed E-state index contributed by atoms with van der Waals surface area (Å²) in [4.78, 5) is 12.2. The molecule has 4 fully saturated rings. The molecule has 2 unspecified atom stereocenters. The number of fused-ring (bicyclic) bond motifs is 5. The van der Waals surface area contributed by atoms with Crippen LogP contribution >= 0.6 is 0 Å². The molecule has 0 aromatic heterocycles. The Kier molecular flexibility index (Phi) is 4.10. The summed E-state index contributed by atoms with van der Waals surface area (Å²) in [6.45, 7) is 3.81. The molecule has 0 amide bonds. The number of carbonyl (C=O) groups excluding carboxylic acids is 1. The third-order valence-corrected chi connectivity index (χ3v) is 9.20. The Morgan fingerprint density at radius 1 is 1.07 bits per heavy atom. The van der Waals surface area contributed by atoms with Gasteiger partial charge in [0.25, 0.3) is 0 Å². The van der Waals surface area contributed by atoms with E-state index in [2.05, 4.69) is 6.92 Å². The van der Waals surface area contributed by atoms with Crippen molar-refractivity contribution < 1.29 is 28.2 Å². The molecule has 152 valence electrons. The number of aliphatic hydroxyl groups is 2. The smallest absolute Gasteiger partial charge is 0.417 e. The zero-order chi connectivity index (χ0) is 19.8. The van der Waals surface area contributed by atoms with E-state index >= 15 is 0 Å². The fourth-order valence-corrected chi connectivity index (χ4v) is 7.61. The minimum absolute atomic E-state index is 0.00591. The van der Waals surface area contributed by atoms with Crippen molar-refractivity contribution in [3.05, 3.63) is 11.8 Å². The van der Waals surface area contributed by atoms with Gasteiger partial charge in [-0.05, 0) is 74.0 Å². The molecule has 0 spiro atoms. The topological polar surface area (TPSA) is 57.5 Å². The molecule has 0 aromatic carbocycles. The molecule has 0 heterocycles. The second-order valence-corrected chi connectivity index (χ2v) is 9.97. The molecule has 2 N–H and O–H groups in total. The zero-order valence-electron chi connectivity index (χ0n) is 16.0. The highest BCUT2D eigenvalue weighted by molar-refractivity contribution is 5.96. The summed E-state index contributed by atoms with van der Waals surface area (Å²) >= 11 is 0. The van der Waals surface area contributed by atoms with E-state index in [0.717, 1.165) is 19.1 Å². The Bertz CT molecular complexity index is 687. The van der Waals surface area contributed by atoms with Crippen molar-refractivity contribution in [3.8, 4) is 0 Å². The van der Waals surface area contributed by atoms with E-state index in [1.54, 1.807) is 6.92 Å². The number of Topliss-reactive ketones (excluding diaryl/α,β-unsaturated/α-hetero) is 1. The molecule has 6 heteroatoms. The second kappa shape index (κ2) is 5.74. The minimum atomic E-state index is -4.60. The number of halogens is 3. The number of aliphatic hydroxyl groups excluding tert-OH is 1. The van der Waals surface area contributed by atoms with Gasteiger partial charge in [0, 0.05) is 17.4 Å². The summed E-state index contributed by atoms with van der Waals surface area (Å²) in [5.74, 6) is 0.496. The maximum absolute atomic E-state index is 13.7. The van der Waals surface area contributed by atoms with Crippen molar-refractivity contribution in [1.82, 2.24) is 0 Å². The second-order valence-electron chi connectivity index (χ2n) is 9.97. The Labute approximate surface area is 158 Å². The van der Waals surface area contributed by atoms with Gasteiger partial charge < -0.3 is 10.2 Å². The lowest BCUT2D eigenvalue weighted by molar-refractivity contribution is -0.304. The number of hydrogen-bond acceptors (Lipinski definition) is 3. The van der Waals surface area contributed by atoms with Crippen molar-refractivity contribution in [3.63, 3.8) is 0 Å². The molecule has 0 bridgehead atoms. The summed E-state index contributed by atoms with van der Waals surface area (Å²) in [7, 11) is 0. The van der Waals surface area contributed by atoms with Crippen LogP contribution in [0.25, 0.3) is 0 Å². The highest BCUT2D eigenvalue weighted by atomic mass is 19.4. The Morgan fingerprint density at radius 3 is 2.37 bits per heavy atom. The third-order valence-electron chi connectivity index (χ3n) is 9.20. The van der Waals surface area contributed by atoms with Crippen molar-refractivity contribution in [2.24, 2.45) is 34.5 Å². The maximum Gasteiger partial charge on any atom is 0.417 e. The Morgan fingerprint density at radius 2 is 1.74 bits per heavy atom. The number of carbonyl (C=O) groups is 1. The minimum Gasteiger partial charge on any atom is -0.515 e. The highest BCUT2D eigenvalue weighted by Crippen LogP contribution is 2.70. The Balaban J connectivity index is 1.68. The predicted octanol–water partition coefficient (Wildman–Crippen LogP) is 4.94. The lowest BCUT2D eigenvalue weighted by Gasteiger charge is -2.61. The largest absolute Gasteiger partial charge is 0.515 e. The molecule has 4 aliphatic rings. The van der Waals surface area contributed by atoms with E-state index in [-0.39, 0.29) is 41.3 Å². The van der Waals surface area contributed by atoms with E-state index < -0.39 is 17.2 Å². The van der Waals surface area contributed by atoms with Crippen LogP contribution in [-0.2, 0) is 4.79 Å². The predicted molar refractivity (Wildman–Crippen MR) is 93.8 cm³/mol. The van der Waals surface area contributed by atoms with E-state index in [1.807, 2.05) is 0 Å². The molecule has 3 nitrogen and oxygen atoms in total. The van der Waals surface area contributed by atoms with E-state index in [0.29, 0.717) is 37.7 Å². The van der Waals surface area contributed by atoms with Crippen molar-refractivity contribution in [2.75, 3.05) is 0 Å². The molecule has 4 rings (SSSR count). The number of alkyl halides is 3. The normalized spacial score (nSPS) is 51.6. The number of hydrogen-bond donors (Lipinski definition) is 2. The van der Waals surface area contributed by atoms with Crippen LogP contribution in [0.1, 0.15) is 65.2 Å². The molecule has 0 aliphatic heterocycles. The zero-order valence-corrected chi connectivity index (χ0v) is 16.0. The monoisotopic (exact) mass is 386 g/mol. The summed E-state index contributed by atoms with van der Waals surface area (Å²) in [6, 6.07) is 0. The molecule has 0 saturated heterocycles. The van der Waals surface area contributed by atoms with E-state index in [9.17, 15) is 28.2 Å². The van der Waals surface area contributed by atoms with Gasteiger partial charge in [-0.3, -0.25) is 4.79 Å². The van der Waals surface area contributed by atoms with Gasteiger partial charge in [-0.1, -0.05) is 13.8 Å². The fraction of sp³-hybridized carbons (Fsp3) is 0.857. The van der Waals surface area contributed by atoms with Gasteiger partial charge in [-0.25, -0.2) is 0 Å². The summed E-state index contributed by atoms with van der Waals surface area (Å²) in [5, 5.41) is 20.1. The van der Waals surface area contributed by atoms with Gasteiger partial charge in [0.15, 0.2) is 11.4 Å². The first-order valence-electron chi connectivity index (χ1n) is 10.1. The highest BCUT2D eigenvalue weighted by Gasteiger charge is 2.72. The van der Waals surface area contributed by atoms with Gasteiger partial charge in [-0.15, -0.1) is 0 Å². The van der Waals surface area contributed by atoms with Gasteiger partial charge in [0.2, 0.25) is 0 Å². The van der Waals surface area contributed by atoms with Gasteiger partial charge in [-0.2, -0.15) is 13.2 Å². The standard InChI is InChI=1S/C21H29F3O3/c1-18-10-12(11-25)17(26)9-13(18)3-4-14-15(18)5-7-19(2)16(14)6-8-20(19,27)21(22,23)24/h11,13-16,25,27H,3-10H2,1-2H3/t13?,14-,15-,16+,18+,19+,20?/m1/s1. The van der Waals surface area contributed by atoms with Crippen molar-refractivity contribution in [1.29, 1.82) is 0 Å². The molecule has 4 aliphatic carbocycles. The first kappa shape index (κ1) is 19.3. The first-order chi connectivity index (χ1) is 12.5. The summed E-state index contributed by atoms with van der Waals surface area (Å²) in [6.07, 6.45) is 0.175. The summed E-state index contributed by atoms with van der Waals surface area (Å²) < 4.78 is 41.2. The van der Waals surface area contributed by atoms with Crippen molar-refractivity contribution >= 4 is 5.78 Å². The average Bonchev–Trinajstić information content (AvgIpc) is 2.87. The van der Waals surface area contributed by atoms with Gasteiger partial charge in [0.05, 0.1) is 6.26 Å². The molecular formula is C21H29F3O3. The average molecular weight is 386 g/mol. The van der Waals surface area contributed by atoms with Gasteiger partial charge in [0.1, 0.15) is 0 Å². The molecule has 7 atom stereocenters. The number of ketones is 1. The van der Waals surface area contributed by atoms with Gasteiger partial charge >= 0.3 is 6.18 Å². The van der Waals surface area contributed by atoms with Crippen LogP contribution in [0.2, 0.25) is 0 Å². The van der Waals surface area contributed by atoms with E-state index in [1.165, 1.54) is 0 Å². The molecular weight excluding hydrogens is 357 g/mol. The quantitative estimate of drug-likeness (QED) is 0.458. The molecule has 0 radical (unpaired) electrons. The molecule has 0 aromatic rings. The van der Waals surface area contributed by atoms with E-state index in [4.69, 9.17) is 0 Å². The van der Waals surface area contributed by atoms with Crippen LogP contribution < -0.4 is 0 Å². The lowest BCUT2D eigenvalue weighted by Crippen LogP contribution is -2.60. The van der Waals surface area contributed by atoms with Crippen molar-refractivity contribution in [2.45, 2.75) is 77.0 Å². The van der Waals surface area contributed by atoms with Crippen LogP contribution in [0.3, 0.4) is 0 Å². The van der Waals surface area contributed by atoms with Crippen LogP contribution in [0.5, 0.6) is 0 Å². The van der Waals surface area contributed by atoms with Crippen LogP contribution in [0.4, 0.5) is 13.2 Å². The van der Waals surface area contributed by atoms with Crippen LogP contribution in [-0.4, -0.2) is 27.8 Å². The van der Waals surface area contributed by atoms with Crippen LogP contribution in [0.15, 0.2) is 11.8 Å². The molecule has 4 saturated carbocycles. The summed E-state index contributed by atoms with van der Waals surface area (Å²) in [5.41, 5.74) is -3.42. The Hall–Kier alpha value is -1.04. The third kappa shape index (κ3) is 2.34. The maximum atomic E-state index is 13.7. The SMILES string of the molecule is C[C@]12CC(=CO)C(=O)CC1CC[C@@H]1[C@H]2CC[C@@]2(C)[C@H]1CCC2(O)C(F)(F)F. The molecule has 27 heavy (non-hydrogen) atoms. The van der Waals surface area contributed by atoms with Crippen LogP contribution in [0, 0.1) is 34.5 Å². The number of allylic oxidation sites excluding steroid dienone is 1. The number of rotatable bonds is 0. The fourth-order valence-electron chi connectivity index (χ4n) is 7.61.